The number of hydrogen-bond acceptors (Lipinski definition) is 5. The summed E-state index contributed by atoms with van der Waals surface area (Å²) < 4.78 is 2.03. The summed E-state index contributed by atoms with van der Waals surface area (Å²) in [6, 6.07) is 0.515. The van der Waals surface area contributed by atoms with Gasteiger partial charge in [-0.25, -0.2) is 0 Å². The van der Waals surface area contributed by atoms with Gasteiger partial charge in [0.2, 0.25) is 5.91 Å². The van der Waals surface area contributed by atoms with E-state index in [0.717, 1.165) is 18.0 Å². The zero-order valence-corrected chi connectivity index (χ0v) is 12.8. The monoisotopic (exact) mass is 298 g/mol. The van der Waals surface area contributed by atoms with Crippen molar-refractivity contribution >= 4 is 17.7 Å². The van der Waals surface area contributed by atoms with Crippen LogP contribution < -0.4 is 5.32 Å². The molecule has 0 aliphatic heterocycles. The molecule has 0 bridgehead atoms. The van der Waals surface area contributed by atoms with Crippen molar-refractivity contribution in [3.05, 3.63) is 6.33 Å². The molecule has 0 aromatic carbocycles. The highest BCUT2D eigenvalue weighted by atomic mass is 32.2. The third-order valence-electron chi connectivity index (χ3n) is 3.74. The van der Waals surface area contributed by atoms with Crippen LogP contribution in [0.5, 0.6) is 0 Å². The Morgan fingerprint density at radius 3 is 2.85 bits per heavy atom. The molecule has 1 fully saturated rings. The minimum absolute atomic E-state index is 0.0827. The summed E-state index contributed by atoms with van der Waals surface area (Å²) in [7, 11) is 0. The number of nitrogens with one attached hydrogen (secondary N) is 1. The van der Waals surface area contributed by atoms with Crippen molar-refractivity contribution in [1.29, 1.82) is 0 Å². The second-order valence-corrected chi connectivity index (χ2v) is 6.19. The van der Waals surface area contributed by atoms with E-state index in [-0.39, 0.29) is 5.91 Å². The number of hydrogen-bond donors (Lipinski definition) is 2. The third kappa shape index (κ3) is 3.96. The second-order valence-electron chi connectivity index (χ2n) is 5.25. The first-order valence-electron chi connectivity index (χ1n) is 7.09. The molecule has 0 radical (unpaired) electrons. The molecule has 2 rings (SSSR count). The van der Waals surface area contributed by atoms with Crippen molar-refractivity contribution in [2.24, 2.45) is 0 Å². The molecule has 2 N–H and O–H groups in total. The lowest BCUT2D eigenvalue weighted by atomic mass is 9.98. The van der Waals surface area contributed by atoms with Crippen LogP contribution in [0.2, 0.25) is 0 Å². The number of nitrogens with zero attached hydrogens (tertiary/aromatic N) is 3. The van der Waals surface area contributed by atoms with Gasteiger partial charge in [0.15, 0.2) is 5.16 Å². The molecule has 20 heavy (non-hydrogen) atoms. The molecule has 6 nitrogen and oxygen atoms in total. The van der Waals surface area contributed by atoms with Crippen LogP contribution in [0.3, 0.4) is 0 Å². The molecule has 0 atom stereocenters. The van der Waals surface area contributed by atoms with E-state index in [1.165, 1.54) is 11.8 Å². The van der Waals surface area contributed by atoms with Gasteiger partial charge >= 0.3 is 0 Å². The van der Waals surface area contributed by atoms with Crippen LogP contribution in [0.4, 0.5) is 0 Å². The fraction of sp³-hybridized carbons (Fsp3) is 0.769. The lowest BCUT2D eigenvalue weighted by Gasteiger charge is -2.25. The molecule has 0 saturated heterocycles. The van der Waals surface area contributed by atoms with Crippen molar-refractivity contribution in [2.45, 2.75) is 56.3 Å². The zero-order valence-electron chi connectivity index (χ0n) is 12.0. The highest BCUT2D eigenvalue weighted by molar-refractivity contribution is 7.99. The molecule has 0 spiro atoms. The lowest BCUT2D eigenvalue weighted by molar-refractivity contribution is -0.119. The first-order valence-corrected chi connectivity index (χ1v) is 8.08. The number of carbonyl (C=O) groups excluding carboxylic acids is 1. The predicted molar refractivity (Wildman–Crippen MR) is 77.6 cm³/mol. The fourth-order valence-electron chi connectivity index (χ4n) is 1.88. The molecule has 1 aromatic rings. The van der Waals surface area contributed by atoms with Gasteiger partial charge in [-0.2, -0.15) is 0 Å². The third-order valence-corrected chi connectivity index (χ3v) is 4.70. The average molecular weight is 298 g/mol. The maximum atomic E-state index is 11.8. The molecule has 1 saturated carbocycles. The summed E-state index contributed by atoms with van der Waals surface area (Å²) in [4.78, 5) is 11.8. The van der Waals surface area contributed by atoms with Crippen LogP contribution in [-0.2, 0) is 4.79 Å². The van der Waals surface area contributed by atoms with E-state index < -0.39 is 5.60 Å². The fourth-order valence-corrected chi connectivity index (χ4v) is 2.70. The Morgan fingerprint density at radius 2 is 2.25 bits per heavy atom. The number of thioether (sulfide) groups is 1. The summed E-state index contributed by atoms with van der Waals surface area (Å²) >= 11 is 1.39. The average Bonchev–Trinajstić information content (AvgIpc) is 3.21. The Morgan fingerprint density at radius 1 is 1.55 bits per heavy atom. The van der Waals surface area contributed by atoms with Crippen molar-refractivity contribution < 1.29 is 9.90 Å². The van der Waals surface area contributed by atoms with Crippen molar-refractivity contribution in [1.82, 2.24) is 20.1 Å². The molecule has 0 unspecified atom stereocenters. The normalized spacial score (nSPS) is 15.3. The van der Waals surface area contributed by atoms with Crippen LogP contribution in [-0.4, -0.2) is 43.7 Å². The molecule has 1 heterocycles. The van der Waals surface area contributed by atoms with E-state index in [0.29, 0.717) is 31.2 Å². The summed E-state index contributed by atoms with van der Waals surface area (Å²) in [5, 5.41) is 21.6. The van der Waals surface area contributed by atoms with E-state index in [2.05, 4.69) is 15.5 Å². The lowest BCUT2D eigenvalue weighted by Crippen LogP contribution is -2.42. The van der Waals surface area contributed by atoms with Crippen LogP contribution in [0.15, 0.2) is 11.5 Å². The van der Waals surface area contributed by atoms with Gasteiger partial charge in [0, 0.05) is 12.6 Å². The van der Waals surface area contributed by atoms with Gasteiger partial charge in [0.25, 0.3) is 0 Å². The van der Waals surface area contributed by atoms with E-state index in [1.54, 1.807) is 6.33 Å². The van der Waals surface area contributed by atoms with E-state index in [4.69, 9.17) is 0 Å². The predicted octanol–water partition coefficient (Wildman–Crippen LogP) is 1.37. The Labute approximate surface area is 123 Å². The Balaban J connectivity index is 1.76. The highest BCUT2D eigenvalue weighted by Gasteiger charge is 2.27. The standard InChI is InChI=1S/C13H22N4O2S/c1-3-13(19,4-2)8-14-11(18)7-20-12-16-15-9-17(12)10-5-6-10/h9-10,19H,3-8H2,1-2H3,(H,14,18). The van der Waals surface area contributed by atoms with Gasteiger partial charge < -0.3 is 15.0 Å². The van der Waals surface area contributed by atoms with Gasteiger partial charge in [0.05, 0.1) is 11.4 Å². The van der Waals surface area contributed by atoms with Gasteiger partial charge in [-0.1, -0.05) is 25.6 Å². The zero-order chi connectivity index (χ0) is 14.6. The van der Waals surface area contributed by atoms with Crippen molar-refractivity contribution in [3.63, 3.8) is 0 Å². The maximum Gasteiger partial charge on any atom is 0.230 e. The Bertz CT molecular complexity index is 455. The van der Waals surface area contributed by atoms with E-state index in [1.807, 2.05) is 18.4 Å². The number of carbonyl (C=O) groups is 1. The maximum absolute atomic E-state index is 11.8. The summed E-state index contributed by atoms with van der Waals surface area (Å²) in [5.74, 6) is 0.218. The number of amides is 1. The van der Waals surface area contributed by atoms with E-state index >= 15 is 0 Å². The summed E-state index contributed by atoms with van der Waals surface area (Å²) in [6.07, 6.45) is 5.32. The van der Waals surface area contributed by atoms with Gasteiger partial charge in [-0.15, -0.1) is 10.2 Å². The number of aliphatic hydroxyl groups is 1. The van der Waals surface area contributed by atoms with Crippen LogP contribution in [0.1, 0.15) is 45.6 Å². The summed E-state index contributed by atoms with van der Waals surface area (Å²) in [5.41, 5.74) is -0.797. The summed E-state index contributed by atoms with van der Waals surface area (Å²) in [6.45, 7) is 4.14. The SMILES string of the molecule is CCC(O)(CC)CNC(=O)CSc1nncn1C1CC1. The largest absolute Gasteiger partial charge is 0.388 e. The van der Waals surface area contributed by atoms with Crippen LogP contribution >= 0.6 is 11.8 Å². The molecular weight excluding hydrogens is 276 g/mol. The molecule has 112 valence electrons. The Hall–Kier alpha value is -1.08. The molecule has 1 aliphatic rings. The highest BCUT2D eigenvalue weighted by Crippen LogP contribution is 2.37. The molecule has 1 aliphatic carbocycles. The minimum atomic E-state index is -0.797. The van der Waals surface area contributed by atoms with Crippen molar-refractivity contribution in [2.75, 3.05) is 12.3 Å². The Kier molecular flexibility index (Phi) is 5.04. The van der Waals surface area contributed by atoms with Crippen molar-refractivity contribution in [3.8, 4) is 0 Å². The second kappa shape index (κ2) is 6.58. The van der Waals surface area contributed by atoms with Crippen LogP contribution in [0.25, 0.3) is 0 Å². The minimum Gasteiger partial charge on any atom is -0.388 e. The number of rotatable bonds is 8. The number of aromatic nitrogens is 3. The molecule has 7 heteroatoms. The molecule has 1 amide bonds. The molecular formula is C13H22N4O2S. The van der Waals surface area contributed by atoms with E-state index in [9.17, 15) is 9.90 Å². The van der Waals surface area contributed by atoms with Gasteiger partial charge in [-0.05, 0) is 25.7 Å². The first-order chi connectivity index (χ1) is 9.58. The van der Waals surface area contributed by atoms with Gasteiger partial charge in [0.1, 0.15) is 6.33 Å². The van der Waals surface area contributed by atoms with Gasteiger partial charge in [-0.3, -0.25) is 4.79 Å². The first kappa shape index (κ1) is 15.3. The topological polar surface area (TPSA) is 80.0 Å². The van der Waals surface area contributed by atoms with Crippen LogP contribution in [0, 0.1) is 0 Å². The quantitative estimate of drug-likeness (QED) is 0.709. The smallest absolute Gasteiger partial charge is 0.230 e. The molecule has 1 aromatic heterocycles.